The fraction of sp³-hybridized carbons (Fsp3) is 0.0222. The van der Waals surface area contributed by atoms with E-state index in [0.29, 0.717) is 5.82 Å². The van der Waals surface area contributed by atoms with E-state index in [1.165, 1.54) is 22.3 Å². The van der Waals surface area contributed by atoms with Crippen LogP contribution >= 0.6 is 0 Å². The number of benzene rings is 7. The average molecular weight is 615 g/mol. The molecule has 3 heteroatoms. The van der Waals surface area contributed by atoms with E-state index in [-0.39, 0.29) is 0 Å². The van der Waals surface area contributed by atoms with Gasteiger partial charge in [-0.05, 0) is 52.6 Å². The molecule has 0 bridgehead atoms. The summed E-state index contributed by atoms with van der Waals surface area (Å²) in [4.78, 5) is 10.4. The summed E-state index contributed by atoms with van der Waals surface area (Å²) in [6.07, 6.45) is 0. The van der Waals surface area contributed by atoms with Crippen molar-refractivity contribution in [2.24, 2.45) is 0 Å². The molecule has 9 rings (SSSR count). The predicted octanol–water partition coefficient (Wildman–Crippen LogP) is 11.1. The molecule has 0 atom stereocenters. The van der Waals surface area contributed by atoms with Crippen molar-refractivity contribution in [3.63, 3.8) is 0 Å². The Morgan fingerprint density at radius 2 is 0.938 bits per heavy atom. The topological polar surface area (TPSA) is 35.0 Å². The molecule has 7 aromatic carbocycles. The van der Waals surface area contributed by atoms with Gasteiger partial charge < -0.3 is 4.74 Å². The number of hydrogen-bond acceptors (Lipinski definition) is 3. The van der Waals surface area contributed by atoms with Crippen molar-refractivity contribution in [2.75, 3.05) is 0 Å². The Hall–Kier alpha value is -6.32. The summed E-state index contributed by atoms with van der Waals surface area (Å²) in [5.41, 5.74) is 10.0. The van der Waals surface area contributed by atoms with Crippen molar-refractivity contribution >= 4 is 10.9 Å². The molecule has 48 heavy (non-hydrogen) atoms. The van der Waals surface area contributed by atoms with Crippen molar-refractivity contribution in [3.8, 4) is 45.3 Å². The van der Waals surface area contributed by atoms with Crippen LogP contribution in [0, 0.1) is 0 Å². The van der Waals surface area contributed by atoms with Gasteiger partial charge in [-0.25, -0.2) is 9.97 Å². The quantitative estimate of drug-likeness (QED) is 0.193. The summed E-state index contributed by atoms with van der Waals surface area (Å²) < 4.78 is 6.64. The minimum Gasteiger partial charge on any atom is -0.457 e. The Labute approximate surface area is 279 Å². The standard InChI is InChI=1S/C45H30N2O/c1-4-14-31(15-5-1)32-24-26-33(27-25-32)43-37-20-10-12-22-40(37)46-44(47-43)34-28-29-42-39(30-34)45(35-16-6-2-7-17-35,36-18-8-3-9-19-36)38-21-11-13-23-41(38)48-42/h1-30H. The summed E-state index contributed by atoms with van der Waals surface area (Å²) in [6.45, 7) is 0. The maximum absolute atomic E-state index is 6.64. The Kier molecular flexibility index (Phi) is 6.69. The van der Waals surface area contributed by atoms with Crippen molar-refractivity contribution in [2.45, 2.75) is 5.41 Å². The molecule has 0 saturated carbocycles. The number of aromatic nitrogens is 2. The Bertz CT molecular complexity index is 2360. The first kappa shape index (κ1) is 27.9. The molecular formula is C45H30N2O. The molecule has 0 amide bonds. The van der Waals surface area contributed by atoms with Crippen LogP contribution in [-0.2, 0) is 5.41 Å². The highest BCUT2D eigenvalue weighted by Crippen LogP contribution is 2.55. The van der Waals surface area contributed by atoms with Gasteiger partial charge >= 0.3 is 0 Å². The van der Waals surface area contributed by atoms with Gasteiger partial charge in [-0.2, -0.15) is 0 Å². The summed E-state index contributed by atoms with van der Waals surface area (Å²) in [5, 5.41) is 1.02. The van der Waals surface area contributed by atoms with Gasteiger partial charge in [-0.3, -0.25) is 0 Å². The van der Waals surface area contributed by atoms with E-state index in [1.807, 2.05) is 18.2 Å². The van der Waals surface area contributed by atoms with E-state index in [1.54, 1.807) is 0 Å². The Morgan fingerprint density at radius 1 is 0.396 bits per heavy atom. The largest absolute Gasteiger partial charge is 0.457 e. The molecule has 1 aromatic heterocycles. The molecule has 1 aliphatic rings. The van der Waals surface area contributed by atoms with Gasteiger partial charge in [0.05, 0.1) is 16.6 Å². The summed E-state index contributed by atoms with van der Waals surface area (Å²) in [5.74, 6) is 2.35. The molecular weight excluding hydrogens is 585 g/mol. The molecule has 0 aliphatic carbocycles. The smallest absolute Gasteiger partial charge is 0.160 e. The minimum absolute atomic E-state index is 0.615. The number of ether oxygens (including phenoxy) is 1. The predicted molar refractivity (Wildman–Crippen MR) is 194 cm³/mol. The zero-order valence-electron chi connectivity index (χ0n) is 26.1. The van der Waals surface area contributed by atoms with Gasteiger partial charge in [0.1, 0.15) is 11.5 Å². The van der Waals surface area contributed by atoms with Crippen LogP contribution in [0.3, 0.4) is 0 Å². The number of nitrogens with zero attached hydrogens (tertiary/aromatic N) is 2. The van der Waals surface area contributed by atoms with E-state index >= 15 is 0 Å². The van der Waals surface area contributed by atoms with Crippen LogP contribution in [0.25, 0.3) is 44.7 Å². The first-order chi connectivity index (χ1) is 23.8. The maximum Gasteiger partial charge on any atom is 0.160 e. The lowest BCUT2D eigenvalue weighted by atomic mass is 9.63. The highest BCUT2D eigenvalue weighted by molar-refractivity contribution is 5.94. The maximum atomic E-state index is 6.64. The summed E-state index contributed by atoms with van der Waals surface area (Å²) in [6, 6.07) is 63.6. The van der Waals surface area contributed by atoms with E-state index in [2.05, 4.69) is 164 Å². The first-order valence-electron chi connectivity index (χ1n) is 16.2. The van der Waals surface area contributed by atoms with Gasteiger partial charge in [0.2, 0.25) is 0 Å². The number of para-hydroxylation sites is 2. The summed E-state index contributed by atoms with van der Waals surface area (Å²) in [7, 11) is 0. The lowest BCUT2D eigenvalue weighted by molar-refractivity contribution is 0.434. The van der Waals surface area contributed by atoms with Crippen LogP contribution in [0.4, 0.5) is 0 Å². The van der Waals surface area contributed by atoms with Gasteiger partial charge in [0, 0.05) is 27.6 Å². The zero-order chi connectivity index (χ0) is 31.9. The molecule has 1 aliphatic heterocycles. The minimum atomic E-state index is -0.615. The molecule has 0 fully saturated rings. The number of hydrogen-bond donors (Lipinski definition) is 0. The average Bonchev–Trinajstić information content (AvgIpc) is 3.17. The van der Waals surface area contributed by atoms with Gasteiger partial charge in [0.15, 0.2) is 5.82 Å². The Balaban J connectivity index is 1.26. The van der Waals surface area contributed by atoms with Crippen LogP contribution in [0.1, 0.15) is 22.3 Å². The fourth-order valence-electron chi connectivity index (χ4n) is 7.22. The van der Waals surface area contributed by atoms with E-state index < -0.39 is 5.41 Å². The third kappa shape index (κ3) is 4.51. The second kappa shape index (κ2) is 11.5. The molecule has 0 saturated heterocycles. The van der Waals surface area contributed by atoms with E-state index in [4.69, 9.17) is 14.7 Å². The SMILES string of the molecule is c1ccc(-c2ccc(-c3nc(-c4ccc5c(c4)C(c4ccccc4)(c4ccccc4)c4ccccc4O5)nc4ccccc34)cc2)cc1. The lowest BCUT2D eigenvalue weighted by Crippen LogP contribution is -2.34. The van der Waals surface area contributed by atoms with Crippen LogP contribution in [0.15, 0.2) is 182 Å². The second-order valence-corrected chi connectivity index (χ2v) is 12.1. The molecule has 0 N–H and O–H groups in total. The molecule has 226 valence electrons. The first-order valence-corrected chi connectivity index (χ1v) is 16.2. The van der Waals surface area contributed by atoms with Crippen LogP contribution in [0.5, 0.6) is 11.5 Å². The normalized spacial score (nSPS) is 12.9. The molecule has 8 aromatic rings. The van der Waals surface area contributed by atoms with Crippen LogP contribution in [-0.4, -0.2) is 9.97 Å². The van der Waals surface area contributed by atoms with Crippen molar-refractivity contribution < 1.29 is 4.74 Å². The van der Waals surface area contributed by atoms with Gasteiger partial charge in [-0.1, -0.05) is 152 Å². The third-order valence-electron chi connectivity index (χ3n) is 9.44. The molecule has 0 radical (unpaired) electrons. The highest BCUT2D eigenvalue weighted by Gasteiger charge is 2.45. The van der Waals surface area contributed by atoms with Gasteiger partial charge in [-0.15, -0.1) is 0 Å². The molecule has 0 unspecified atom stereocenters. The Morgan fingerprint density at radius 3 is 1.67 bits per heavy atom. The van der Waals surface area contributed by atoms with Gasteiger partial charge in [0.25, 0.3) is 0 Å². The van der Waals surface area contributed by atoms with Crippen LogP contribution in [0.2, 0.25) is 0 Å². The number of rotatable bonds is 5. The molecule has 0 spiro atoms. The zero-order valence-corrected chi connectivity index (χ0v) is 26.1. The monoisotopic (exact) mass is 614 g/mol. The van der Waals surface area contributed by atoms with E-state index in [9.17, 15) is 0 Å². The van der Waals surface area contributed by atoms with Crippen molar-refractivity contribution in [1.29, 1.82) is 0 Å². The molecule has 3 nitrogen and oxygen atoms in total. The summed E-state index contributed by atoms with van der Waals surface area (Å²) >= 11 is 0. The highest BCUT2D eigenvalue weighted by atomic mass is 16.5. The van der Waals surface area contributed by atoms with E-state index in [0.717, 1.165) is 50.3 Å². The number of fused-ring (bicyclic) bond motifs is 3. The van der Waals surface area contributed by atoms with Crippen molar-refractivity contribution in [3.05, 3.63) is 204 Å². The molecule has 2 heterocycles. The van der Waals surface area contributed by atoms with Crippen molar-refractivity contribution in [1.82, 2.24) is 9.97 Å². The third-order valence-corrected chi connectivity index (χ3v) is 9.44. The van der Waals surface area contributed by atoms with Crippen LogP contribution < -0.4 is 4.74 Å². The second-order valence-electron chi connectivity index (χ2n) is 12.1. The fourth-order valence-corrected chi connectivity index (χ4v) is 7.22. The lowest BCUT2D eigenvalue weighted by Gasteiger charge is -2.41.